The van der Waals surface area contributed by atoms with E-state index in [0.29, 0.717) is 35.5 Å². The second kappa shape index (κ2) is 7.65. The quantitative estimate of drug-likeness (QED) is 0.808. The van der Waals surface area contributed by atoms with Crippen molar-refractivity contribution in [1.82, 2.24) is 5.32 Å². The Morgan fingerprint density at radius 2 is 1.96 bits per heavy atom. The summed E-state index contributed by atoms with van der Waals surface area (Å²) < 4.78 is 10.8. The lowest BCUT2D eigenvalue weighted by Crippen LogP contribution is -2.26. The maximum Gasteiger partial charge on any atom is 0.341 e. The number of fused-ring (bicyclic) bond motifs is 1. The number of furan rings is 1. The molecule has 0 saturated carbocycles. The van der Waals surface area contributed by atoms with Gasteiger partial charge >= 0.3 is 5.97 Å². The molecule has 2 aromatic rings. The first kappa shape index (κ1) is 18.7. The number of nitrogens with one attached hydrogen (secondary N) is 1. The van der Waals surface area contributed by atoms with E-state index in [1.807, 2.05) is 6.92 Å². The summed E-state index contributed by atoms with van der Waals surface area (Å²) in [6.45, 7) is 3.15. The number of hydrogen-bond donors (Lipinski definition) is 2. The summed E-state index contributed by atoms with van der Waals surface area (Å²) >= 11 is 0. The van der Waals surface area contributed by atoms with Crippen molar-refractivity contribution in [2.45, 2.75) is 39.2 Å². The molecule has 7 nitrogen and oxygen atoms in total. The number of benzene rings is 1. The molecule has 0 aliphatic heterocycles. The average molecular weight is 371 g/mol. The molecule has 1 heterocycles. The summed E-state index contributed by atoms with van der Waals surface area (Å²) in [5.41, 5.74) is 1.98. The number of carbonyl (C=O) groups excluding carboxylic acids is 2. The number of aliphatic carboxylic acids is 1. The van der Waals surface area contributed by atoms with Crippen LogP contribution >= 0.6 is 0 Å². The van der Waals surface area contributed by atoms with Crippen molar-refractivity contribution in [3.63, 3.8) is 0 Å². The first-order valence-corrected chi connectivity index (χ1v) is 8.77. The van der Waals surface area contributed by atoms with Crippen molar-refractivity contribution in [2.24, 2.45) is 0 Å². The van der Waals surface area contributed by atoms with E-state index in [-0.39, 0.29) is 23.5 Å². The van der Waals surface area contributed by atoms with Gasteiger partial charge in [0.2, 0.25) is 0 Å². The number of rotatable bonds is 6. The number of carbonyl (C=O) groups is 3. The van der Waals surface area contributed by atoms with Crippen LogP contribution in [0.15, 0.2) is 28.7 Å². The van der Waals surface area contributed by atoms with E-state index in [4.69, 9.17) is 14.3 Å². The minimum Gasteiger partial charge on any atom is -0.482 e. The van der Waals surface area contributed by atoms with Crippen LogP contribution in [0.2, 0.25) is 0 Å². The van der Waals surface area contributed by atoms with Gasteiger partial charge in [-0.2, -0.15) is 0 Å². The predicted molar refractivity (Wildman–Crippen MR) is 96.2 cm³/mol. The van der Waals surface area contributed by atoms with Gasteiger partial charge in [0.15, 0.2) is 18.2 Å². The number of ketones is 1. The normalized spacial score (nSPS) is 14.4. The fraction of sp³-hybridized carbons (Fsp3) is 0.350. The summed E-state index contributed by atoms with van der Waals surface area (Å²) in [6, 6.07) is 6.51. The van der Waals surface area contributed by atoms with Crippen LogP contribution < -0.4 is 10.1 Å². The van der Waals surface area contributed by atoms with Gasteiger partial charge in [0.25, 0.3) is 5.91 Å². The minimum absolute atomic E-state index is 0.0292. The number of carboxylic acids is 1. The Kier molecular flexibility index (Phi) is 5.30. The zero-order valence-electron chi connectivity index (χ0n) is 15.2. The molecule has 1 aliphatic rings. The number of amides is 1. The van der Waals surface area contributed by atoms with E-state index in [0.717, 1.165) is 12.0 Å². The molecule has 0 radical (unpaired) electrons. The van der Waals surface area contributed by atoms with Crippen LogP contribution in [0.5, 0.6) is 5.75 Å². The lowest BCUT2D eigenvalue weighted by atomic mass is 9.94. The molecule has 7 heteroatoms. The molecule has 142 valence electrons. The first-order chi connectivity index (χ1) is 12.9. The molecule has 27 heavy (non-hydrogen) atoms. The molecular weight excluding hydrogens is 350 g/mol. The second-order valence-electron chi connectivity index (χ2n) is 6.58. The van der Waals surface area contributed by atoms with Gasteiger partial charge in [0.05, 0.1) is 11.6 Å². The Bertz CT molecular complexity index is 881. The van der Waals surface area contributed by atoms with Crippen LogP contribution in [0.25, 0.3) is 0 Å². The summed E-state index contributed by atoms with van der Waals surface area (Å²) in [5, 5.41) is 11.5. The Hall–Kier alpha value is -3.09. The maximum absolute atomic E-state index is 12.6. The third-order valence-electron chi connectivity index (χ3n) is 4.60. The van der Waals surface area contributed by atoms with E-state index in [1.54, 1.807) is 31.2 Å². The van der Waals surface area contributed by atoms with E-state index < -0.39 is 12.6 Å². The average Bonchev–Trinajstić information content (AvgIpc) is 2.98. The van der Waals surface area contributed by atoms with Crippen molar-refractivity contribution in [3.05, 3.63) is 52.5 Å². The highest BCUT2D eigenvalue weighted by Gasteiger charge is 2.29. The Morgan fingerprint density at radius 3 is 2.59 bits per heavy atom. The number of Topliss-reactive ketones (excluding diaryl/α,β-unsaturated/α-hetero) is 1. The molecule has 2 N–H and O–H groups in total. The first-order valence-electron chi connectivity index (χ1n) is 8.77. The van der Waals surface area contributed by atoms with Crippen molar-refractivity contribution in [2.75, 3.05) is 6.61 Å². The fourth-order valence-electron chi connectivity index (χ4n) is 3.21. The largest absolute Gasteiger partial charge is 0.482 e. The standard InChI is InChI=1S/C20H21NO6/c1-11-18-15(22)4-3-5-16(18)27-19(11)20(25)21-12(2)13-6-8-14(9-7-13)26-10-17(23)24/h6-9,12H,3-5,10H2,1-2H3,(H,21,25)(H,23,24). The summed E-state index contributed by atoms with van der Waals surface area (Å²) in [7, 11) is 0. The van der Waals surface area contributed by atoms with E-state index in [2.05, 4.69) is 5.32 Å². The maximum atomic E-state index is 12.6. The third kappa shape index (κ3) is 4.02. The van der Waals surface area contributed by atoms with Crippen molar-refractivity contribution in [1.29, 1.82) is 0 Å². The van der Waals surface area contributed by atoms with Crippen LogP contribution in [0.4, 0.5) is 0 Å². The molecular formula is C20H21NO6. The van der Waals surface area contributed by atoms with Crippen LogP contribution in [-0.4, -0.2) is 29.4 Å². The number of carboxylic acid groups (broad SMARTS) is 1. The van der Waals surface area contributed by atoms with Gasteiger partial charge in [0, 0.05) is 18.4 Å². The van der Waals surface area contributed by atoms with Crippen molar-refractivity contribution >= 4 is 17.7 Å². The van der Waals surface area contributed by atoms with Crippen LogP contribution in [0, 0.1) is 6.92 Å². The van der Waals surface area contributed by atoms with Crippen LogP contribution in [0.3, 0.4) is 0 Å². The highest BCUT2D eigenvalue weighted by Crippen LogP contribution is 2.29. The number of ether oxygens (including phenoxy) is 1. The third-order valence-corrected chi connectivity index (χ3v) is 4.60. The van der Waals surface area contributed by atoms with Crippen LogP contribution in [0.1, 0.15) is 63.6 Å². The highest BCUT2D eigenvalue weighted by atomic mass is 16.5. The van der Waals surface area contributed by atoms with E-state index in [1.165, 1.54) is 0 Å². The monoisotopic (exact) mass is 371 g/mol. The summed E-state index contributed by atoms with van der Waals surface area (Å²) in [6.07, 6.45) is 1.90. The molecule has 0 fully saturated rings. The number of hydrogen-bond acceptors (Lipinski definition) is 5. The molecule has 1 aromatic carbocycles. The van der Waals surface area contributed by atoms with Crippen LogP contribution in [-0.2, 0) is 11.2 Å². The van der Waals surface area contributed by atoms with Gasteiger partial charge in [-0.15, -0.1) is 0 Å². The highest BCUT2D eigenvalue weighted by molar-refractivity contribution is 6.03. The van der Waals surface area contributed by atoms with Gasteiger partial charge in [-0.25, -0.2) is 4.79 Å². The summed E-state index contributed by atoms with van der Waals surface area (Å²) in [4.78, 5) is 35.2. The van der Waals surface area contributed by atoms with E-state index >= 15 is 0 Å². The molecule has 1 aliphatic carbocycles. The molecule has 0 spiro atoms. The van der Waals surface area contributed by atoms with Gasteiger partial charge in [-0.1, -0.05) is 12.1 Å². The van der Waals surface area contributed by atoms with Gasteiger partial charge in [-0.05, 0) is 38.0 Å². The molecule has 1 atom stereocenters. The SMILES string of the molecule is Cc1c(C(=O)NC(C)c2ccc(OCC(=O)O)cc2)oc2c1C(=O)CCC2. The predicted octanol–water partition coefficient (Wildman–Crippen LogP) is 3.06. The van der Waals surface area contributed by atoms with Gasteiger partial charge < -0.3 is 19.6 Å². The van der Waals surface area contributed by atoms with Gasteiger partial charge in [-0.3, -0.25) is 9.59 Å². The van der Waals surface area contributed by atoms with E-state index in [9.17, 15) is 14.4 Å². The Labute approximate surface area is 156 Å². The lowest BCUT2D eigenvalue weighted by molar-refractivity contribution is -0.139. The van der Waals surface area contributed by atoms with Crippen molar-refractivity contribution in [3.8, 4) is 5.75 Å². The molecule has 1 amide bonds. The Balaban J connectivity index is 1.69. The number of aryl methyl sites for hydroxylation is 1. The molecule has 1 aromatic heterocycles. The topological polar surface area (TPSA) is 106 Å². The smallest absolute Gasteiger partial charge is 0.341 e. The molecule has 0 saturated heterocycles. The molecule has 3 rings (SSSR count). The summed E-state index contributed by atoms with van der Waals surface area (Å²) in [5.74, 6) is -0.164. The second-order valence-corrected chi connectivity index (χ2v) is 6.58. The van der Waals surface area contributed by atoms with Crippen molar-refractivity contribution < 1.29 is 28.6 Å². The van der Waals surface area contributed by atoms with Gasteiger partial charge in [0.1, 0.15) is 11.5 Å². The Morgan fingerprint density at radius 1 is 1.26 bits per heavy atom. The molecule has 0 bridgehead atoms. The zero-order chi connectivity index (χ0) is 19.6. The lowest BCUT2D eigenvalue weighted by Gasteiger charge is -2.14. The minimum atomic E-state index is -1.05. The fourth-order valence-corrected chi connectivity index (χ4v) is 3.21. The zero-order valence-corrected chi connectivity index (χ0v) is 15.2. The molecule has 1 unspecified atom stereocenters.